The maximum absolute atomic E-state index is 13.5. The summed E-state index contributed by atoms with van der Waals surface area (Å²) in [6.07, 6.45) is 4.86. The van der Waals surface area contributed by atoms with Gasteiger partial charge < -0.3 is 15.1 Å². The number of hydrogen-bond donors (Lipinski definition) is 1. The number of piperidine rings is 1. The molecule has 2 saturated heterocycles. The minimum Gasteiger partial charge on any atom is -0.358 e. The van der Waals surface area contributed by atoms with Crippen LogP contribution in [0.15, 0.2) is 42.5 Å². The number of fused-ring (bicyclic) bond motifs is 3. The Bertz CT molecular complexity index is 1090. The molecule has 3 aliphatic heterocycles. The van der Waals surface area contributed by atoms with Crippen molar-refractivity contribution in [2.75, 3.05) is 41.3 Å². The van der Waals surface area contributed by atoms with Gasteiger partial charge >= 0.3 is 0 Å². The van der Waals surface area contributed by atoms with Crippen LogP contribution in [0.4, 0.5) is 17.1 Å². The molecule has 0 radical (unpaired) electrons. The lowest BCUT2D eigenvalue weighted by atomic mass is 9.95. The van der Waals surface area contributed by atoms with Crippen LogP contribution in [0.2, 0.25) is 0 Å². The van der Waals surface area contributed by atoms with Crippen molar-refractivity contribution in [3.8, 4) is 0 Å². The first-order valence-corrected chi connectivity index (χ1v) is 11.9. The van der Waals surface area contributed by atoms with Crippen molar-refractivity contribution in [3.63, 3.8) is 0 Å². The zero-order chi connectivity index (χ0) is 22.9. The second-order valence-electron chi connectivity index (χ2n) is 9.20. The molecule has 2 fully saturated rings. The van der Waals surface area contributed by atoms with Crippen molar-refractivity contribution in [1.82, 2.24) is 4.90 Å². The smallest absolute Gasteiger partial charge is 0.253 e. The number of carbonyl (C=O) groups is 3. The van der Waals surface area contributed by atoms with Crippen LogP contribution in [-0.4, -0.2) is 54.8 Å². The summed E-state index contributed by atoms with van der Waals surface area (Å²) in [7, 11) is 0. The average Bonchev–Trinajstić information content (AvgIpc) is 3.37. The number of para-hydroxylation sites is 1. The van der Waals surface area contributed by atoms with Crippen LogP contribution in [-0.2, 0) is 9.59 Å². The molecule has 3 heterocycles. The third kappa shape index (κ3) is 4.08. The zero-order valence-electron chi connectivity index (χ0n) is 19.0. The average molecular weight is 447 g/mol. The number of carbonyl (C=O) groups excluding carboxylic acids is 3. The zero-order valence-corrected chi connectivity index (χ0v) is 19.0. The first-order chi connectivity index (χ1) is 16.0. The summed E-state index contributed by atoms with van der Waals surface area (Å²) in [5.41, 5.74) is 3.87. The van der Waals surface area contributed by atoms with E-state index in [0.29, 0.717) is 11.3 Å². The Morgan fingerprint density at radius 3 is 2.52 bits per heavy atom. The molecule has 172 valence electrons. The van der Waals surface area contributed by atoms with E-state index in [1.807, 2.05) is 48.2 Å². The minimum atomic E-state index is -0.252. The van der Waals surface area contributed by atoms with E-state index in [2.05, 4.69) is 10.2 Å². The molecule has 33 heavy (non-hydrogen) atoms. The molecule has 0 aromatic heterocycles. The number of amides is 3. The molecular formula is C26H30N4O3. The SMILES string of the molecule is Cc1ccccc1NC(=O)CN1C(=O)[C@@H]2CCCCN2c2ccc(C(=O)N3CCCC3)cc21. The number of aryl methyl sites for hydroxylation is 1. The van der Waals surface area contributed by atoms with Gasteiger partial charge in [0, 0.05) is 30.9 Å². The van der Waals surface area contributed by atoms with Gasteiger partial charge in [0.2, 0.25) is 11.8 Å². The highest BCUT2D eigenvalue weighted by Gasteiger charge is 2.40. The first-order valence-electron chi connectivity index (χ1n) is 11.9. The fourth-order valence-electron chi connectivity index (χ4n) is 5.20. The molecule has 0 unspecified atom stereocenters. The van der Waals surface area contributed by atoms with Crippen molar-refractivity contribution in [3.05, 3.63) is 53.6 Å². The lowest BCUT2D eigenvalue weighted by Gasteiger charge is -2.45. The van der Waals surface area contributed by atoms with Gasteiger partial charge in [-0.25, -0.2) is 0 Å². The van der Waals surface area contributed by atoms with Gasteiger partial charge in [-0.05, 0) is 68.9 Å². The fraction of sp³-hybridized carbons (Fsp3) is 0.423. The monoisotopic (exact) mass is 446 g/mol. The summed E-state index contributed by atoms with van der Waals surface area (Å²) >= 11 is 0. The van der Waals surface area contributed by atoms with Crippen LogP contribution < -0.4 is 15.1 Å². The molecule has 0 spiro atoms. The highest BCUT2D eigenvalue weighted by atomic mass is 16.2. The number of nitrogens with one attached hydrogen (secondary N) is 1. The van der Waals surface area contributed by atoms with Gasteiger partial charge in [-0.3, -0.25) is 19.3 Å². The van der Waals surface area contributed by atoms with E-state index >= 15 is 0 Å². The van der Waals surface area contributed by atoms with Crippen LogP contribution in [0, 0.1) is 6.92 Å². The summed E-state index contributed by atoms with van der Waals surface area (Å²) in [6, 6.07) is 13.0. The first kappa shape index (κ1) is 21.5. The van der Waals surface area contributed by atoms with Crippen LogP contribution in [0.1, 0.15) is 48.0 Å². The molecule has 7 heteroatoms. The van der Waals surface area contributed by atoms with E-state index in [4.69, 9.17) is 0 Å². The van der Waals surface area contributed by atoms with Crippen LogP contribution in [0.3, 0.4) is 0 Å². The molecule has 1 N–H and O–H groups in total. The van der Waals surface area contributed by atoms with Gasteiger partial charge in [-0.15, -0.1) is 0 Å². The predicted molar refractivity (Wildman–Crippen MR) is 129 cm³/mol. The summed E-state index contributed by atoms with van der Waals surface area (Å²) in [6.45, 7) is 4.21. The van der Waals surface area contributed by atoms with Crippen LogP contribution in [0.25, 0.3) is 0 Å². The number of anilines is 3. The van der Waals surface area contributed by atoms with E-state index in [0.717, 1.165) is 68.7 Å². The number of rotatable bonds is 4. The molecule has 5 rings (SSSR count). The van der Waals surface area contributed by atoms with Gasteiger partial charge in [0.05, 0.1) is 11.4 Å². The number of hydrogen-bond acceptors (Lipinski definition) is 4. The molecule has 0 saturated carbocycles. The molecule has 2 aromatic rings. The van der Waals surface area contributed by atoms with Gasteiger partial charge in [0.1, 0.15) is 12.6 Å². The summed E-state index contributed by atoms with van der Waals surface area (Å²) in [5, 5.41) is 2.94. The number of likely N-dealkylation sites (tertiary alicyclic amines) is 1. The molecule has 0 bridgehead atoms. The molecule has 2 aromatic carbocycles. The Kier molecular flexibility index (Phi) is 5.79. The van der Waals surface area contributed by atoms with Crippen molar-refractivity contribution >= 4 is 34.8 Å². The van der Waals surface area contributed by atoms with E-state index in [9.17, 15) is 14.4 Å². The molecule has 3 aliphatic rings. The Morgan fingerprint density at radius 1 is 0.970 bits per heavy atom. The van der Waals surface area contributed by atoms with E-state index in [1.165, 1.54) is 0 Å². The topological polar surface area (TPSA) is 73.0 Å². The summed E-state index contributed by atoms with van der Waals surface area (Å²) < 4.78 is 0. The highest BCUT2D eigenvalue weighted by Crippen LogP contribution is 2.40. The highest BCUT2D eigenvalue weighted by molar-refractivity contribution is 6.11. The Labute approximate surface area is 194 Å². The van der Waals surface area contributed by atoms with E-state index in [1.54, 1.807) is 11.0 Å². The summed E-state index contributed by atoms with van der Waals surface area (Å²) in [4.78, 5) is 45.1. The van der Waals surface area contributed by atoms with Crippen molar-refractivity contribution in [2.45, 2.75) is 45.1 Å². The van der Waals surface area contributed by atoms with Crippen LogP contribution in [0.5, 0.6) is 0 Å². The summed E-state index contributed by atoms with van der Waals surface area (Å²) in [5.74, 6) is -0.315. The molecular weight excluding hydrogens is 416 g/mol. The standard InChI is InChI=1S/C26H30N4O3/c1-18-8-2-3-9-20(18)27-24(31)17-30-23-16-19(25(32)28-13-6-7-14-28)11-12-21(23)29-15-5-4-10-22(29)26(30)33/h2-3,8-9,11-12,16,22H,4-7,10,13-15,17H2,1H3,(H,27,31)/t22-/m0/s1. The van der Waals surface area contributed by atoms with Crippen molar-refractivity contribution in [1.29, 1.82) is 0 Å². The Balaban J connectivity index is 1.46. The van der Waals surface area contributed by atoms with E-state index in [-0.39, 0.29) is 30.3 Å². The second kappa shape index (κ2) is 8.89. The predicted octanol–water partition coefficient (Wildman–Crippen LogP) is 3.58. The Hall–Kier alpha value is -3.35. The molecule has 7 nitrogen and oxygen atoms in total. The molecule has 1 atom stereocenters. The third-order valence-corrected chi connectivity index (χ3v) is 6.99. The minimum absolute atomic E-state index is 0.00664. The maximum atomic E-state index is 13.5. The largest absolute Gasteiger partial charge is 0.358 e. The maximum Gasteiger partial charge on any atom is 0.253 e. The van der Waals surface area contributed by atoms with Crippen LogP contribution >= 0.6 is 0 Å². The molecule has 0 aliphatic carbocycles. The normalized spacial score (nSPS) is 19.8. The van der Waals surface area contributed by atoms with E-state index < -0.39 is 0 Å². The lowest BCUT2D eigenvalue weighted by Crippen LogP contribution is -2.56. The van der Waals surface area contributed by atoms with Crippen molar-refractivity contribution in [2.24, 2.45) is 0 Å². The van der Waals surface area contributed by atoms with Gasteiger partial charge in [0.25, 0.3) is 5.91 Å². The number of nitrogens with zero attached hydrogens (tertiary/aromatic N) is 3. The second-order valence-corrected chi connectivity index (χ2v) is 9.20. The quantitative estimate of drug-likeness (QED) is 0.779. The van der Waals surface area contributed by atoms with Gasteiger partial charge in [-0.1, -0.05) is 18.2 Å². The Morgan fingerprint density at radius 2 is 1.73 bits per heavy atom. The lowest BCUT2D eigenvalue weighted by molar-refractivity contribution is -0.123. The third-order valence-electron chi connectivity index (χ3n) is 6.99. The molecule has 3 amide bonds. The fourth-order valence-corrected chi connectivity index (χ4v) is 5.20. The van der Waals surface area contributed by atoms with Crippen molar-refractivity contribution < 1.29 is 14.4 Å². The van der Waals surface area contributed by atoms with Gasteiger partial charge in [0.15, 0.2) is 0 Å². The number of benzene rings is 2. The van der Waals surface area contributed by atoms with Gasteiger partial charge in [-0.2, -0.15) is 0 Å².